The Labute approximate surface area is 121 Å². The number of halogens is 1. The molecule has 0 radical (unpaired) electrons. The molecular formula is C16H13FN2O2. The smallest absolute Gasteiger partial charge is 0.285 e. The Bertz CT molecular complexity index is 710. The Morgan fingerprint density at radius 1 is 1.14 bits per heavy atom. The lowest BCUT2D eigenvalue weighted by molar-refractivity contribution is -0.121. The lowest BCUT2D eigenvalue weighted by Gasteiger charge is -2.24. The minimum atomic E-state index is -0.500. The fourth-order valence-electron chi connectivity index (χ4n) is 2.02. The molecule has 21 heavy (non-hydrogen) atoms. The first-order valence-corrected chi connectivity index (χ1v) is 6.51. The molecule has 1 amide bonds. The number of aryl methyl sites for hydroxylation is 1. The van der Waals surface area contributed by atoms with Crippen molar-refractivity contribution in [2.24, 2.45) is 5.10 Å². The number of carbonyl (C=O) groups excluding carboxylic acids is 1. The van der Waals surface area contributed by atoms with Crippen LogP contribution in [0.3, 0.4) is 0 Å². The lowest BCUT2D eigenvalue weighted by Crippen LogP contribution is -2.37. The van der Waals surface area contributed by atoms with E-state index in [1.54, 1.807) is 12.1 Å². The number of hydrogen-bond donors (Lipinski definition) is 0. The highest BCUT2D eigenvalue weighted by atomic mass is 19.1. The molecule has 0 fully saturated rings. The van der Waals surface area contributed by atoms with Crippen LogP contribution in [0.4, 0.5) is 10.1 Å². The average molecular weight is 284 g/mol. The van der Waals surface area contributed by atoms with Crippen LogP contribution in [0.1, 0.15) is 11.1 Å². The summed E-state index contributed by atoms with van der Waals surface area (Å²) in [6, 6.07) is 13.6. The molecule has 4 nitrogen and oxygen atoms in total. The van der Waals surface area contributed by atoms with E-state index in [4.69, 9.17) is 4.74 Å². The Hall–Kier alpha value is -2.69. The molecule has 0 saturated heterocycles. The molecule has 0 saturated carbocycles. The number of benzene rings is 2. The second kappa shape index (κ2) is 5.36. The number of nitrogens with zero attached hydrogens (tertiary/aromatic N) is 2. The predicted molar refractivity (Wildman–Crippen MR) is 77.6 cm³/mol. The van der Waals surface area contributed by atoms with E-state index in [0.717, 1.165) is 16.1 Å². The van der Waals surface area contributed by atoms with Gasteiger partial charge in [-0.3, -0.25) is 4.79 Å². The molecule has 1 aliphatic rings. The number of ether oxygens (including phenoxy) is 1. The number of anilines is 1. The number of rotatable bonds is 2. The van der Waals surface area contributed by atoms with Gasteiger partial charge in [0, 0.05) is 5.56 Å². The molecular weight excluding hydrogens is 271 g/mol. The molecule has 106 valence electrons. The SMILES string of the molecule is Cc1ccc(C2=NN(c3ccccc3F)C(=O)CO2)cc1. The maximum atomic E-state index is 13.8. The number of para-hydroxylation sites is 1. The average Bonchev–Trinajstić information content (AvgIpc) is 2.50. The normalized spacial score (nSPS) is 14.7. The third-order valence-electron chi connectivity index (χ3n) is 3.14. The largest absolute Gasteiger partial charge is 0.466 e. The van der Waals surface area contributed by atoms with Crippen LogP contribution in [-0.4, -0.2) is 18.4 Å². The van der Waals surface area contributed by atoms with Crippen LogP contribution in [0.5, 0.6) is 0 Å². The monoisotopic (exact) mass is 284 g/mol. The first-order chi connectivity index (χ1) is 10.1. The van der Waals surface area contributed by atoms with E-state index in [-0.39, 0.29) is 12.3 Å². The van der Waals surface area contributed by atoms with Crippen molar-refractivity contribution in [2.45, 2.75) is 6.92 Å². The van der Waals surface area contributed by atoms with Gasteiger partial charge in [0.2, 0.25) is 5.90 Å². The highest BCUT2D eigenvalue weighted by Crippen LogP contribution is 2.22. The maximum absolute atomic E-state index is 13.8. The van der Waals surface area contributed by atoms with Crippen molar-refractivity contribution >= 4 is 17.5 Å². The molecule has 3 rings (SSSR count). The quantitative estimate of drug-likeness (QED) is 0.851. The Morgan fingerprint density at radius 3 is 2.57 bits per heavy atom. The van der Waals surface area contributed by atoms with E-state index in [9.17, 15) is 9.18 Å². The van der Waals surface area contributed by atoms with E-state index in [0.29, 0.717) is 5.90 Å². The lowest BCUT2D eigenvalue weighted by atomic mass is 10.1. The van der Waals surface area contributed by atoms with Crippen LogP contribution in [0.25, 0.3) is 0 Å². The van der Waals surface area contributed by atoms with Gasteiger partial charge < -0.3 is 4.74 Å². The molecule has 5 heteroatoms. The molecule has 0 aromatic heterocycles. The standard InChI is InChI=1S/C16H13FN2O2/c1-11-6-8-12(9-7-11)16-18-19(15(20)10-21-16)14-5-3-2-4-13(14)17/h2-9H,10H2,1H3. The van der Waals surface area contributed by atoms with Gasteiger partial charge in [0.15, 0.2) is 6.61 Å². The van der Waals surface area contributed by atoms with E-state index >= 15 is 0 Å². The number of hydrazone groups is 1. The first-order valence-electron chi connectivity index (χ1n) is 6.51. The fraction of sp³-hybridized carbons (Fsp3) is 0.125. The van der Waals surface area contributed by atoms with Gasteiger partial charge in [0.25, 0.3) is 5.91 Å². The fourth-order valence-corrected chi connectivity index (χ4v) is 2.02. The van der Waals surface area contributed by atoms with Crippen molar-refractivity contribution in [1.82, 2.24) is 0 Å². The summed E-state index contributed by atoms with van der Waals surface area (Å²) in [5.74, 6) is -0.603. The summed E-state index contributed by atoms with van der Waals surface area (Å²) in [5, 5.41) is 5.18. The van der Waals surface area contributed by atoms with Gasteiger partial charge in [0.05, 0.1) is 0 Å². The van der Waals surface area contributed by atoms with Gasteiger partial charge in [-0.1, -0.05) is 29.8 Å². The highest BCUT2D eigenvalue weighted by Gasteiger charge is 2.25. The van der Waals surface area contributed by atoms with Crippen molar-refractivity contribution in [3.8, 4) is 0 Å². The summed E-state index contributed by atoms with van der Waals surface area (Å²) in [4.78, 5) is 11.9. The molecule has 0 N–H and O–H groups in total. The topological polar surface area (TPSA) is 41.9 Å². The molecule has 1 aliphatic heterocycles. The zero-order chi connectivity index (χ0) is 14.8. The zero-order valence-electron chi connectivity index (χ0n) is 11.4. The molecule has 0 atom stereocenters. The third kappa shape index (κ3) is 2.63. The van der Waals surface area contributed by atoms with E-state index < -0.39 is 11.7 Å². The van der Waals surface area contributed by atoms with Gasteiger partial charge in [-0.25, -0.2) is 4.39 Å². The van der Waals surface area contributed by atoms with Crippen LogP contribution in [0.15, 0.2) is 53.6 Å². The Morgan fingerprint density at radius 2 is 1.86 bits per heavy atom. The molecule has 2 aromatic rings. The highest BCUT2D eigenvalue weighted by molar-refractivity contribution is 6.04. The van der Waals surface area contributed by atoms with Crippen LogP contribution in [0.2, 0.25) is 0 Å². The second-order valence-corrected chi connectivity index (χ2v) is 4.72. The summed E-state index contributed by atoms with van der Waals surface area (Å²) >= 11 is 0. The van der Waals surface area contributed by atoms with Crippen molar-refractivity contribution in [3.63, 3.8) is 0 Å². The molecule has 0 aliphatic carbocycles. The van der Waals surface area contributed by atoms with Crippen LogP contribution in [0, 0.1) is 12.7 Å². The van der Waals surface area contributed by atoms with Crippen LogP contribution < -0.4 is 5.01 Å². The Kier molecular flexibility index (Phi) is 3.39. The summed E-state index contributed by atoms with van der Waals surface area (Å²) in [7, 11) is 0. The minimum Gasteiger partial charge on any atom is -0.466 e. The number of carbonyl (C=O) groups is 1. The van der Waals surface area contributed by atoms with Gasteiger partial charge in [-0.05, 0) is 31.2 Å². The van der Waals surface area contributed by atoms with E-state index in [1.165, 1.54) is 12.1 Å². The van der Waals surface area contributed by atoms with Gasteiger partial charge >= 0.3 is 0 Å². The van der Waals surface area contributed by atoms with Gasteiger partial charge in [-0.2, -0.15) is 5.01 Å². The van der Waals surface area contributed by atoms with Gasteiger partial charge in [0.1, 0.15) is 11.5 Å². The zero-order valence-corrected chi connectivity index (χ0v) is 11.4. The molecule has 0 bridgehead atoms. The Balaban J connectivity index is 2.00. The first kappa shape index (κ1) is 13.3. The van der Waals surface area contributed by atoms with Crippen molar-refractivity contribution in [2.75, 3.05) is 11.6 Å². The van der Waals surface area contributed by atoms with Crippen molar-refractivity contribution in [1.29, 1.82) is 0 Å². The maximum Gasteiger partial charge on any atom is 0.285 e. The summed E-state index contributed by atoms with van der Waals surface area (Å²) in [6.07, 6.45) is 0. The number of hydrogen-bond acceptors (Lipinski definition) is 3. The number of amides is 1. The molecule has 1 heterocycles. The minimum absolute atomic E-state index is 0.121. The van der Waals surface area contributed by atoms with Crippen molar-refractivity contribution in [3.05, 3.63) is 65.5 Å². The molecule has 2 aromatic carbocycles. The summed E-state index contributed by atoms with van der Waals surface area (Å²) < 4.78 is 19.2. The summed E-state index contributed by atoms with van der Waals surface area (Å²) in [5.41, 5.74) is 1.97. The van der Waals surface area contributed by atoms with Crippen LogP contribution in [-0.2, 0) is 9.53 Å². The second-order valence-electron chi connectivity index (χ2n) is 4.72. The van der Waals surface area contributed by atoms with Crippen molar-refractivity contribution < 1.29 is 13.9 Å². The third-order valence-corrected chi connectivity index (χ3v) is 3.14. The van der Waals surface area contributed by atoms with E-state index in [1.807, 2.05) is 31.2 Å². The summed E-state index contributed by atoms with van der Waals surface area (Å²) in [6.45, 7) is 1.81. The van der Waals surface area contributed by atoms with Crippen LogP contribution >= 0.6 is 0 Å². The van der Waals surface area contributed by atoms with E-state index in [2.05, 4.69) is 5.10 Å². The van der Waals surface area contributed by atoms with Gasteiger partial charge in [-0.15, -0.1) is 5.10 Å². The molecule has 0 spiro atoms. The predicted octanol–water partition coefficient (Wildman–Crippen LogP) is 2.86. The molecule has 0 unspecified atom stereocenters.